The minimum atomic E-state index is -0.796. The van der Waals surface area contributed by atoms with Crippen molar-refractivity contribution in [2.24, 2.45) is 5.92 Å². The monoisotopic (exact) mass is 243 g/mol. The highest BCUT2D eigenvalue weighted by Crippen LogP contribution is 2.27. The van der Waals surface area contributed by atoms with Crippen LogP contribution in [0.4, 0.5) is 4.79 Å². The van der Waals surface area contributed by atoms with Gasteiger partial charge in [0, 0.05) is 0 Å². The Bertz CT molecular complexity index is 319. The predicted molar refractivity (Wildman–Crippen MR) is 62.3 cm³/mol. The third-order valence-electron chi connectivity index (χ3n) is 2.62. The van der Waals surface area contributed by atoms with E-state index in [1.54, 1.807) is 20.8 Å². The summed E-state index contributed by atoms with van der Waals surface area (Å²) in [6.07, 6.45) is -1.48. The molecule has 0 aliphatic carbocycles. The molecular weight excluding hydrogens is 222 g/mol. The Labute approximate surface area is 102 Å². The summed E-state index contributed by atoms with van der Waals surface area (Å²) in [7, 11) is 0. The van der Waals surface area contributed by atoms with E-state index in [9.17, 15) is 14.7 Å². The number of aliphatic hydroxyl groups is 1. The van der Waals surface area contributed by atoms with Crippen molar-refractivity contribution in [1.29, 1.82) is 0 Å². The van der Waals surface area contributed by atoms with E-state index < -0.39 is 23.8 Å². The van der Waals surface area contributed by atoms with E-state index in [2.05, 4.69) is 0 Å². The summed E-state index contributed by atoms with van der Waals surface area (Å²) < 4.78 is 5.18. The maximum atomic E-state index is 11.9. The fraction of sp³-hybridized carbons (Fsp3) is 0.833. The first-order valence-electron chi connectivity index (χ1n) is 5.86. The molecule has 0 radical (unpaired) electrons. The highest BCUT2D eigenvalue weighted by Gasteiger charge is 2.45. The van der Waals surface area contributed by atoms with Gasteiger partial charge in [-0.2, -0.15) is 0 Å². The average molecular weight is 243 g/mol. The van der Waals surface area contributed by atoms with E-state index >= 15 is 0 Å². The van der Waals surface area contributed by atoms with Crippen LogP contribution in [0.25, 0.3) is 0 Å². The first kappa shape index (κ1) is 14.0. The van der Waals surface area contributed by atoms with Gasteiger partial charge in [0.2, 0.25) is 5.91 Å². The molecule has 0 aromatic rings. The van der Waals surface area contributed by atoms with E-state index in [4.69, 9.17) is 4.74 Å². The minimum Gasteiger partial charge on any atom is -0.443 e. The zero-order chi connectivity index (χ0) is 13.4. The maximum Gasteiger partial charge on any atom is 0.417 e. The molecule has 5 nitrogen and oxygen atoms in total. The summed E-state index contributed by atoms with van der Waals surface area (Å²) >= 11 is 0. The number of imide groups is 1. The Kier molecular flexibility index (Phi) is 3.81. The number of ether oxygens (including phenoxy) is 1. The first-order valence-corrected chi connectivity index (χ1v) is 5.86. The minimum absolute atomic E-state index is 0.00367. The van der Waals surface area contributed by atoms with Crippen molar-refractivity contribution in [1.82, 2.24) is 4.90 Å². The number of hydrogen-bond donors (Lipinski definition) is 1. The summed E-state index contributed by atoms with van der Waals surface area (Å²) in [6.45, 7) is 8.96. The Morgan fingerprint density at radius 1 is 1.47 bits per heavy atom. The van der Waals surface area contributed by atoms with Gasteiger partial charge in [-0.1, -0.05) is 13.8 Å². The van der Waals surface area contributed by atoms with Gasteiger partial charge in [-0.15, -0.1) is 0 Å². The molecule has 0 bridgehead atoms. The fourth-order valence-corrected chi connectivity index (χ4v) is 2.01. The van der Waals surface area contributed by atoms with Gasteiger partial charge >= 0.3 is 6.09 Å². The zero-order valence-corrected chi connectivity index (χ0v) is 11.1. The molecule has 1 N–H and O–H groups in total. The summed E-state index contributed by atoms with van der Waals surface area (Å²) in [5.74, 6) is -0.366. The Morgan fingerprint density at radius 2 is 2.00 bits per heavy atom. The van der Waals surface area contributed by atoms with Crippen LogP contribution in [0.3, 0.4) is 0 Å². The number of hydrogen-bond acceptors (Lipinski definition) is 4. The lowest BCUT2D eigenvalue weighted by atomic mass is 10.00. The Morgan fingerprint density at radius 3 is 2.41 bits per heavy atom. The number of nitrogens with zero attached hydrogens (tertiary/aromatic N) is 1. The van der Waals surface area contributed by atoms with Crippen LogP contribution < -0.4 is 0 Å². The molecule has 0 saturated carbocycles. The second-order valence-electron chi connectivity index (χ2n) is 5.75. The van der Waals surface area contributed by atoms with E-state index in [1.165, 1.54) is 0 Å². The number of rotatable bonds is 1. The van der Waals surface area contributed by atoms with E-state index in [0.717, 1.165) is 4.90 Å². The number of aliphatic hydroxyl groups excluding tert-OH is 1. The predicted octanol–water partition coefficient (Wildman–Crippen LogP) is 1.54. The molecule has 2 amide bonds. The van der Waals surface area contributed by atoms with Gasteiger partial charge < -0.3 is 9.84 Å². The zero-order valence-electron chi connectivity index (χ0n) is 11.1. The van der Waals surface area contributed by atoms with E-state index in [1.807, 2.05) is 13.8 Å². The molecule has 1 heterocycles. The molecule has 1 saturated heterocycles. The number of carbonyl (C=O) groups is 2. The lowest BCUT2D eigenvalue weighted by molar-refractivity contribution is -0.128. The van der Waals surface area contributed by atoms with Crippen LogP contribution in [-0.4, -0.2) is 39.8 Å². The van der Waals surface area contributed by atoms with Crippen molar-refractivity contribution in [3.05, 3.63) is 0 Å². The highest BCUT2D eigenvalue weighted by atomic mass is 16.6. The van der Waals surface area contributed by atoms with Crippen molar-refractivity contribution in [2.75, 3.05) is 0 Å². The molecule has 0 aromatic heterocycles. The molecule has 1 rings (SSSR count). The van der Waals surface area contributed by atoms with Gasteiger partial charge in [-0.3, -0.25) is 4.79 Å². The second-order valence-corrected chi connectivity index (χ2v) is 5.75. The molecular formula is C12H21NO4. The average Bonchev–Trinajstić information content (AvgIpc) is 2.37. The first-order chi connectivity index (χ1) is 7.63. The molecule has 0 spiro atoms. The molecule has 1 aliphatic rings. The molecule has 0 aromatic carbocycles. The van der Waals surface area contributed by atoms with Crippen LogP contribution in [0.5, 0.6) is 0 Å². The van der Waals surface area contributed by atoms with Crippen molar-refractivity contribution >= 4 is 12.0 Å². The SMILES string of the molecule is CC(C)[C@@H]1[C@@H](O)CC(=O)N1C(=O)OC(C)(C)C. The topological polar surface area (TPSA) is 66.8 Å². The van der Waals surface area contributed by atoms with Gasteiger partial charge in [-0.25, -0.2) is 9.69 Å². The smallest absolute Gasteiger partial charge is 0.417 e. The lowest BCUT2D eigenvalue weighted by Gasteiger charge is -2.30. The summed E-state index contributed by atoms with van der Waals surface area (Å²) in [6, 6.07) is -0.489. The van der Waals surface area contributed by atoms with Crippen LogP contribution in [0.2, 0.25) is 0 Å². The van der Waals surface area contributed by atoms with Crippen molar-refractivity contribution in [2.45, 2.75) is 58.8 Å². The molecule has 98 valence electrons. The van der Waals surface area contributed by atoms with Gasteiger partial charge in [0.15, 0.2) is 0 Å². The summed E-state index contributed by atoms with van der Waals surface area (Å²) in [5.41, 5.74) is -0.646. The van der Waals surface area contributed by atoms with E-state index in [0.29, 0.717) is 0 Å². The summed E-state index contributed by atoms with van der Waals surface area (Å²) in [4.78, 5) is 24.7. The Balaban J connectivity index is 2.86. The van der Waals surface area contributed by atoms with Crippen LogP contribution in [0, 0.1) is 5.92 Å². The quantitative estimate of drug-likeness (QED) is 0.758. The largest absolute Gasteiger partial charge is 0.443 e. The van der Waals surface area contributed by atoms with E-state index in [-0.39, 0.29) is 18.2 Å². The van der Waals surface area contributed by atoms with Gasteiger partial charge in [0.1, 0.15) is 5.60 Å². The molecule has 1 fully saturated rings. The van der Waals surface area contributed by atoms with Crippen molar-refractivity contribution in [3.8, 4) is 0 Å². The van der Waals surface area contributed by atoms with Crippen LogP contribution >= 0.6 is 0 Å². The van der Waals surface area contributed by atoms with Gasteiger partial charge in [0.25, 0.3) is 0 Å². The third kappa shape index (κ3) is 3.19. The normalized spacial score (nSPS) is 25.6. The molecule has 1 aliphatic heterocycles. The highest BCUT2D eigenvalue weighted by molar-refractivity contribution is 5.94. The number of amides is 2. The van der Waals surface area contributed by atoms with Crippen LogP contribution in [-0.2, 0) is 9.53 Å². The second kappa shape index (κ2) is 4.64. The number of likely N-dealkylation sites (tertiary alicyclic amines) is 1. The molecule has 17 heavy (non-hydrogen) atoms. The van der Waals surface area contributed by atoms with Crippen molar-refractivity contribution < 1.29 is 19.4 Å². The fourth-order valence-electron chi connectivity index (χ4n) is 2.01. The van der Waals surface area contributed by atoms with Crippen LogP contribution in [0.1, 0.15) is 41.0 Å². The number of carbonyl (C=O) groups excluding carboxylic acids is 2. The van der Waals surface area contributed by atoms with Gasteiger partial charge in [-0.05, 0) is 26.7 Å². The summed E-state index contributed by atoms with van der Waals surface area (Å²) in [5, 5.41) is 9.78. The third-order valence-corrected chi connectivity index (χ3v) is 2.62. The van der Waals surface area contributed by atoms with Crippen molar-refractivity contribution in [3.63, 3.8) is 0 Å². The Hall–Kier alpha value is -1.10. The molecule has 5 heteroatoms. The maximum absolute atomic E-state index is 11.9. The molecule has 2 atom stereocenters. The van der Waals surface area contributed by atoms with Gasteiger partial charge in [0.05, 0.1) is 18.6 Å². The lowest BCUT2D eigenvalue weighted by Crippen LogP contribution is -2.46. The standard InChI is InChI=1S/C12H21NO4/c1-7(2)10-8(14)6-9(15)13(10)11(16)17-12(3,4)5/h7-8,10,14H,6H2,1-5H3/t8-,10+/m0/s1. The molecule has 0 unspecified atom stereocenters. The van der Waals surface area contributed by atoms with Crippen LogP contribution in [0.15, 0.2) is 0 Å².